The number of pyridine rings is 1. The lowest BCUT2D eigenvalue weighted by Gasteiger charge is -2.35. The highest BCUT2D eigenvalue weighted by Crippen LogP contribution is 2.26. The maximum Gasteiger partial charge on any atom is 0.411 e. The number of aldehydes is 1. The Morgan fingerprint density at radius 1 is 1.29 bits per heavy atom. The van der Waals surface area contributed by atoms with Gasteiger partial charge < -0.3 is 9.53 Å². The van der Waals surface area contributed by atoms with E-state index in [0.717, 1.165) is 0 Å². The number of rotatable bonds is 4. The fourth-order valence-corrected chi connectivity index (χ4v) is 2.01. The van der Waals surface area contributed by atoms with Crippen LogP contribution >= 0.6 is 0 Å². The maximum absolute atomic E-state index is 12.3. The van der Waals surface area contributed by atoms with E-state index in [9.17, 15) is 9.59 Å². The van der Waals surface area contributed by atoms with Crippen LogP contribution in [0, 0.1) is 0 Å². The van der Waals surface area contributed by atoms with Gasteiger partial charge in [0.1, 0.15) is 30.1 Å². The third-order valence-corrected chi connectivity index (χ3v) is 3.58. The second kappa shape index (κ2) is 6.38. The van der Waals surface area contributed by atoms with Gasteiger partial charge in [-0.3, -0.25) is 4.90 Å². The van der Waals surface area contributed by atoms with Gasteiger partial charge in [-0.1, -0.05) is 6.07 Å². The highest BCUT2D eigenvalue weighted by molar-refractivity contribution is 5.77. The topological polar surface area (TPSA) is 90.2 Å². The van der Waals surface area contributed by atoms with Crippen molar-refractivity contribution in [2.24, 2.45) is 0 Å². The van der Waals surface area contributed by atoms with Crippen LogP contribution in [0.1, 0.15) is 33.3 Å². The highest BCUT2D eigenvalue weighted by atomic mass is 16.6. The number of nitrogens with zero attached hydrogens (tertiary/aromatic N) is 5. The van der Waals surface area contributed by atoms with Crippen molar-refractivity contribution >= 4 is 12.4 Å². The van der Waals surface area contributed by atoms with Gasteiger partial charge in [0, 0.05) is 18.8 Å². The Morgan fingerprint density at radius 2 is 2.00 bits per heavy atom. The van der Waals surface area contributed by atoms with Crippen molar-refractivity contribution in [1.82, 2.24) is 24.6 Å². The molecule has 0 saturated carbocycles. The molecule has 0 aromatic carbocycles. The molecule has 0 bridgehead atoms. The minimum atomic E-state index is -1.20. The molecule has 2 heterocycles. The molecule has 0 saturated heterocycles. The summed E-state index contributed by atoms with van der Waals surface area (Å²) in [4.78, 5) is 33.4. The number of ether oxygens (including phenoxy) is 1. The molecule has 8 nitrogen and oxygen atoms in total. The predicted octanol–water partition coefficient (Wildman–Crippen LogP) is 1.94. The van der Waals surface area contributed by atoms with Gasteiger partial charge >= 0.3 is 6.09 Å². The largest absolute Gasteiger partial charge is 0.444 e. The van der Waals surface area contributed by atoms with Crippen molar-refractivity contribution in [3.8, 4) is 5.82 Å². The number of hydrogen-bond acceptors (Lipinski definition) is 6. The van der Waals surface area contributed by atoms with Crippen LogP contribution in [0.3, 0.4) is 0 Å². The third-order valence-electron chi connectivity index (χ3n) is 3.58. The molecule has 0 aliphatic carbocycles. The molecule has 8 heteroatoms. The van der Waals surface area contributed by atoms with Gasteiger partial charge in [-0.15, -0.1) is 0 Å². The minimum absolute atomic E-state index is 0.560. The molecule has 24 heavy (non-hydrogen) atoms. The minimum Gasteiger partial charge on any atom is -0.444 e. The van der Waals surface area contributed by atoms with Gasteiger partial charge in [0.15, 0.2) is 5.82 Å². The monoisotopic (exact) mass is 331 g/mol. The van der Waals surface area contributed by atoms with Crippen LogP contribution < -0.4 is 0 Å². The molecule has 1 unspecified atom stereocenters. The summed E-state index contributed by atoms with van der Waals surface area (Å²) in [6, 6.07) is 3.42. The Bertz CT molecular complexity index is 706. The van der Waals surface area contributed by atoms with Crippen molar-refractivity contribution in [2.45, 2.75) is 38.8 Å². The standard InChI is InChI=1S/C16H21N5O3/c1-15(2,3)24-14(23)20(5)16(4,9-22)12-6-7-13(18-8-12)21-11-17-10-19-21/h6-11H,1-5H3. The number of carbonyl (C=O) groups excluding carboxylic acids is 2. The zero-order chi connectivity index (χ0) is 18.0. The summed E-state index contributed by atoms with van der Waals surface area (Å²) in [6.45, 7) is 6.94. The van der Waals surface area contributed by atoms with E-state index in [0.29, 0.717) is 17.7 Å². The summed E-state index contributed by atoms with van der Waals surface area (Å²) in [7, 11) is 1.52. The molecule has 2 rings (SSSR count). The van der Waals surface area contributed by atoms with Gasteiger partial charge in [0.05, 0.1) is 0 Å². The first-order valence-electron chi connectivity index (χ1n) is 7.42. The number of carbonyl (C=O) groups is 2. The zero-order valence-electron chi connectivity index (χ0n) is 14.4. The Kier molecular flexibility index (Phi) is 4.68. The molecular formula is C16H21N5O3. The average molecular weight is 331 g/mol. The first kappa shape index (κ1) is 17.6. The highest BCUT2D eigenvalue weighted by Gasteiger charge is 2.37. The average Bonchev–Trinajstić information content (AvgIpc) is 3.06. The molecule has 1 amide bonds. The summed E-state index contributed by atoms with van der Waals surface area (Å²) in [6.07, 6.45) is 4.57. The lowest BCUT2D eigenvalue weighted by molar-refractivity contribution is -0.117. The van der Waals surface area contributed by atoms with Crippen molar-refractivity contribution in [1.29, 1.82) is 0 Å². The van der Waals surface area contributed by atoms with Gasteiger partial charge in [0.25, 0.3) is 0 Å². The van der Waals surface area contributed by atoms with Crippen LogP contribution in [0.15, 0.2) is 31.0 Å². The molecule has 2 aromatic heterocycles. The predicted molar refractivity (Wildman–Crippen MR) is 86.6 cm³/mol. The number of hydrogen-bond donors (Lipinski definition) is 0. The van der Waals surface area contributed by atoms with Crippen LogP contribution in [-0.4, -0.2) is 49.7 Å². The van der Waals surface area contributed by atoms with Gasteiger partial charge in [-0.2, -0.15) is 5.10 Å². The summed E-state index contributed by atoms with van der Waals surface area (Å²) in [5.74, 6) is 0.560. The normalized spacial score (nSPS) is 13.9. The lowest BCUT2D eigenvalue weighted by atomic mass is 9.94. The first-order valence-corrected chi connectivity index (χ1v) is 7.42. The Labute approximate surface area is 140 Å². The van der Waals surface area contributed by atoms with E-state index in [4.69, 9.17) is 4.74 Å². The van der Waals surface area contributed by atoms with Crippen molar-refractivity contribution in [3.05, 3.63) is 36.5 Å². The fourth-order valence-electron chi connectivity index (χ4n) is 2.01. The molecule has 2 aromatic rings. The first-order chi connectivity index (χ1) is 11.2. The van der Waals surface area contributed by atoms with Crippen LogP contribution in [0.5, 0.6) is 0 Å². The van der Waals surface area contributed by atoms with Crippen molar-refractivity contribution < 1.29 is 14.3 Å². The maximum atomic E-state index is 12.3. The molecule has 0 spiro atoms. The van der Waals surface area contributed by atoms with E-state index in [-0.39, 0.29) is 0 Å². The SMILES string of the molecule is CN(C(=O)OC(C)(C)C)C(C)(C=O)c1ccc(-n2cncn2)nc1. The van der Waals surface area contributed by atoms with E-state index in [1.54, 1.807) is 39.8 Å². The number of aromatic nitrogens is 4. The molecule has 0 fully saturated rings. The van der Waals surface area contributed by atoms with E-state index in [2.05, 4.69) is 15.1 Å². The van der Waals surface area contributed by atoms with Crippen molar-refractivity contribution in [2.75, 3.05) is 7.05 Å². The second-order valence-corrected chi connectivity index (χ2v) is 6.55. The Balaban J connectivity index is 2.28. The van der Waals surface area contributed by atoms with Crippen molar-refractivity contribution in [3.63, 3.8) is 0 Å². The second-order valence-electron chi connectivity index (χ2n) is 6.55. The van der Waals surface area contributed by atoms with Crippen LogP contribution in [-0.2, 0) is 15.1 Å². The van der Waals surface area contributed by atoms with Crippen LogP contribution in [0.4, 0.5) is 4.79 Å². The van der Waals surface area contributed by atoms with E-state index < -0.39 is 17.2 Å². The van der Waals surface area contributed by atoms with E-state index in [1.165, 1.54) is 35.5 Å². The molecule has 0 N–H and O–H groups in total. The number of likely N-dealkylation sites (N-methyl/N-ethyl adjacent to an activating group) is 1. The summed E-state index contributed by atoms with van der Waals surface area (Å²) < 4.78 is 6.84. The molecule has 0 aliphatic heterocycles. The van der Waals surface area contributed by atoms with Crippen LogP contribution in [0.2, 0.25) is 0 Å². The molecule has 128 valence electrons. The summed E-state index contributed by atoms with van der Waals surface area (Å²) in [5.41, 5.74) is -1.28. The fraction of sp³-hybridized carbons (Fsp3) is 0.438. The smallest absolute Gasteiger partial charge is 0.411 e. The van der Waals surface area contributed by atoms with E-state index in [1.807, 2.05) is 0 Å². The van der Waals surface area contributed by atoms with Gasteiger partial charge in [-0.25, -0.2) is 19.4 Å². The van der Waals surface area contributed by atoms with Gasteiger partial charge in [-0.05, 0) is 33.8 Å². The quantitative estimate of drug-likeness (QED) is 0.795. The lowest BCUT2D eigenvalue weighted by Crippen LogP contribution is -2.48. The number of amides is 1. The summed E-state index contributed by atoms with van der Waals surface area (Å²) >= 11 is 0. The Morgan fingerprint density at radius 3 is 2.46 bits per heavy atom. The zero-order valence-corrected chi connectivity index (χ0v) is 14.4. The molecule has 0 radical (unpaired) electrons. The molecule has 1 atom stereocenters. The van der Waals surface area contributed by atoms with Gasteiger partial charge in [0.2, 0.25) is 0 Å². The summed E-state index contributed by atoms with van der Waals surface area (Å²) in [5, 5.41) is 3.99. The van der Waals surface area contributed by atoms with E-state index >= 15 is 0 Å². The third kappa shape index (κ3) is 3.58. The van der Waals surface area contributed by atoms with Crippen LogP contribution in [0.25, 0.3) is 5.82 Å². The molecule has 0 aliphatic rings. The molecular weight excluding hydrogens is 310 g/mol. The Hall–Kier alpha value is -2.77.